The van der Waals surface area contributed by atoms with Gasteiger partial charge in [-0.3, -0.25) is 4.68 Å². The van der Waals surface area contributed by atoms with E-state index in [1.807, 2.05) is 24.0 Å². The monoisotopic (exact) mass is 297 g/mol. The molecule has 0 aliphatic heterocycles. The van der Waals surface area contributed by atoms with E-state index in [1.165, 1.54) is 0 Å². The fourth-order valence-corrected chi connectivity index (χ4v) is 2.47. The lowest BCUT2D eigenvalue weighted by molar-refractivity contribution is 0.523. The zero-order valence-corrected chi connectivity index (χ0v) is 11.6. The molecule has 0 saturated carbocycles. The van der Waals surface area contributed by atoms with Crippen molar-refractivity contribution in [2.75, 3.05) is 7.05 Å². The van der Waals surface area contributed by atoms with Crippen LogP contribution in [0.1, 0.15) is 30.6 Å². The van der Waals surface area contributed by atoms with Crippen LogP contribution in [0.15, 0.2) is 33.7 Å². The summed E-state index contributed by atoms with van der Waals surface area (Å²) < 4.78 is 8.20. The Bertz CT molecular complexity index is 464. The lowest BCUT2D eigenvalue weighted by Crippen LogP contribution is -2.21. The SMILES string of the molecule is CCCn1ncc(Br)c1C(NC)c1ccoc1. The van der Waals surface area contributed by atoms with Crippen molar-refractivity contribution in [3.05, 3.63) is 40.5 Å². The van der Waals surface area contributed by atoms with Crippen LogP contribution in [0.4, 0.5) is 0 Å². The molecule has 92 valence electrons. The van der Waals surface area contributed by atoms with Gasteiger partial charge in [0.05, 0.1) is 34.9 Å². The van der Waals surface area contributed by atoms with E-state index >= 15 is 0 Å². The van der Waals surface area contributed by atoms with E-state index in [4.69, 9.17) is 4.42 Å². The second kappa shape index (κ2) is 5.51. The van der Waals surface area contributed by atoms with E-state index in [0.29, 0.717) is 0 Å². The second-order valence-electron chi connectivity index (χ2n) is 3.88. The van der Waals surface area contributed by atoms with E-state index in [0.717, 1.165) is 28.7 Å². The third kappa shape index (κ3) is 2.45. The summed E-state index contributed by atoms with van der Waals surface area (Å²) in [6.45, 7) is 3.06. The van der Waals surface area contributed by atoms with Crippen molar-refractivity contribution in [2.24, 2.45) is 0 Å². The molecular formula is C12H16BrN3O. The van der Waals surface area contributed by atoms with Crippen molar-refractivity contribution in [1.82, 2.24) is 15.1 Å². The average molecular weight is 298 g/mol. The molecule has 2 rings (SSSR count). The Morgan fingerprint density at radius 1 is 1.59 bits per heavy atom. The molecule has 0 aromatic carbocycles. The summed E-state index contributed by atoms with van der Waals surface area (Å²) in [6.07, 6.45) is 6.35. The first-order chi connectivity index (χ1) is 8.27. The lowest BCUT2D eigenvalue weighted by Gasteiger charge is -2.17. The molecule has 0 bridgehead atoms. The van der Waals surface area contributed by atoms with Gasteiger partial charge in [-0.25, -0.2) is 0 Å². The van der Waals surface area contributed by atoms with E-state index < -0.39 is 0 Å². The summed E-state index contributed by atoms with van der Waals surface area (Å²) in [4.78, 5) is 0. The van der Waals surface area contributed by atoms with Crippen LogP contribution >= 0.6 is 15.9 Å². The van der Waals surface area contributed by atoms with E-state index in [9.17, 15) is 0 Å². The Hall–Kier alpha value is -1.07. The minimum absolute atomic E-state index is 0.0946. The van der Waals surface area contributed by atoms with Crippen LogP contribution in [-0.2, 0) is 6.54 Å². The second-order valence-corrected chi connectivity index (χ2v) is 4.73. The first-order valence-electron chi connectivity index (χ1n) is 5.68. The molecular weight excluding hydrogens is 282 g/mol. The molecule has 0 fully saturated rings. The Morgan fingerprint density at radius 3 is 3.00 bits per heavy atom. The van der Waals surface area contributed by atoms with Gasteiger partial charge in [0.15, 0.2) is 0 Å². The summed E-state index contributed by atoms with van der Waals surface area (Å²) in [7, 11) is 1.94. The highest BCUT2D eigenvalue weighted by Gasteiger charge is 2.20. The summed E-state index contributed by atoms with van der Waals surface area (Å²) in [5.74, 6) is 0. The summed E-state index contributed by atoms with van der Waals surface area (Å²) in [6, 6.07) is 2.06. The predicted molar refractivity (Wildman–Crippen MR) is 69.8 cm³/mol. The van der Waals surface area contributed by atoms with Crippen LogP contribution in [-0.4, -0.2) is 16.8 Å². The van der Waals surface area contributed by atoms with Crippen molar-refractivity contribution in [1.29, 1.82) is 0 Å². The van der Waals surface area contributed by atoms with Gasteiger partial charge in [-0.15, -0.1) is 0 Å². The fourth-order valence-electron chi connectivity index (χ4n) is 1.95. The quantitative estimate of drug-likeness (QED) is 0.923. The number of nitrogens with one attached hydrogen (secondary N) is 1. The highest BCUT2D eigenvalue weighted by Crippen LogP contribution is 2.28. The largest absolute Gasteiger partial charge is 0.472 e. The fraction of sp³-hybridized carbons (Fsp3) is 0.417. The molecule has 4 nitrogen and oxygen atoms in total. The topological polar surface area (TPSA) is 43.0 Å². The molecule has 1 unspecified atom stereocenters. The average Bonchev–Trinajstić information content (AvgIpc) is 2.94. The summed E-state index contributed by atoms with van der Waals surface area (Å²) in [5.41, 5.74) is 2.24. The normalized spacial score (nSPS) is 12.9. The highest BCUT2D eigenvalue weighted by atomic mass is 79.9. The van der Waals surface area contributed by atoms with Crippen molar-refractivity contribution in [3.8, 4) is 0 Å². The van der Waals surface area contributed by atoms with Crippen LogP contribution in [0.2, 0.25) is 0 Å². The standard InChI is InChI=1S/C12H16BrN3O/c1-3-5-16-12(10(13)7-15-16)11(14-2)9-4-6-17-8-9/h4,6-8,11,14H,3,5H2,1-2H3. The molecule has 0 amide bonds. The van der Waals surface area contributed by atoms with E-state index in [-0.39, 0.29) is 6.04 Å². The Labute approximate surface area is 109 Å². The van der Waals surface area contributed by atoms with Crippen LogP contribution in [0, 0.1) is 0 Å². The van der Waals surface area contributed by atoms with Gasteiger partial charge in [0.1, 0.15) is 0 Å². The van der Waals surface area contributed by atoms with Crippen LogP contribution in [0.5, 0.6) is 0 Å². The highest BCUT2D eigenvalue weighted by molar-refractivity contribution is 9.10. The first-order valence-corrected chi connectivity index (χ1v) is 6.47. The number of hydrogen-bond donors (Lipinski definition) is 1. The maximum absolute atomic E-state index is 5.15. The van der Waals surface area contributed by atoms with Gasteiger partial charge < -0.3 is 9.73 Å². The molecule has 0 radical (unpaired) electrons. The van der Waals surface area contributed by atoms with Gasteiger partial charge >= 0.3 is 0 Å². The molecule has 0 saturated heterocycles. The van der Waals surface area contributed by atoms with Gasteiger partial charge in [-0.1, -0.05) is 6.92 Å². The molecule has 2 aromatic rings. The Balaban J connectivity index is 2.39. The van der Waals surface area contributed by atoms with Crippen molar-refractivity contribution in [2.45, 2.75) is 25.9 Å². The number of halogens is 1. The molecule has 1 N–H and O–H groups in total. The number of hydrogen-bond acceptors (Lipinski definition) is 3. The minimum Gasteiger partial charge on any atom is -0.472 e. The van der Waals surface area contributed by atoms with Gasteiger partial charge in [0, 0.05) is 12.1 Å². The van der Waals surface area contributed by atoms with Gasteiger partial charge in [-0.05, 0) is 35.5 Å². The first kappa shape index (κ1) is 12.4. The van der Waals surface area contributed by atoms with Crippen molar-refractivity contribution < 1.29 is 4.42 Å². The third-order valence-corrected chi connectivity index (χ3v) is 3.32. The van der Waals surface area contributed by atoms with Gasteiger partial charge in [0.2, 0.25) is 0 Å². The molecule has 17 heavy (non-hydrogen) atoms. The molecule has 5 heteroatoms. The van der Waals surface area contributed by atoms with Crippen LogP contribution < -0.4 is 5.32 Å². The summed E-state index contributed by atoms with van der Waals surface area (Å²) in [5, 5.41) is 7.68. The zero-order chi connectivity index (χ0) is 12.3. The molecule has 0 aliphatic rings. The van der Waals surface area contributed by atoms with Crippen LogP contribution in [0.3, 0.4) is 0 Å². The lowest BCUT2D eigenvalue weighted by atomic mass is 10.1. The maximum atomic E-state index is 5.15. The number of aryl methyl sites for hydroxylation is 1. The number of rotatable bonds is 5. The van der Waals surface area contributed by atoms with Crippen molar-refractivity contribution in [3.63, 3.8) is 0 Å². The minimum atomic E-state index is 0.0946. The maximum Gasteiger partial charge on any atom is 0.0954 e. The predicted octanol–water partition coefficient (Wildman–Crippen LogP) is 2.96. The molecule has 2 aromatic heterocycles. The number of furan rings is 1. The zero-order valence-electron chi connectivity index (χ0n) is 9.98. The van der Waals surface area contributed by atoms with Gasteiger partial charge in [-0.2, -0.15) is 5.10 Å². The van der Waals surface area contributed by atoms with Gasteiger partial charge in [0.25, 0.3) is 0 Å². The Kier molecular flexibility index (Phi) is 4.02. The number of nitrogens with zero attached hydrogens (tertiary/aromatic N) is 2. The summed E-state index contributed by atoms with van der Waals surface area (Å²) >= 11 is 3.56. The molecule has 0 aliphatic carbocycles. The van der Waals surface area contributed by atoms with Crippen LogP contribution in [0.25, 0.3) is 0 Å². The molecule has 1 atom stereocenters. The number of aromatic nitrogens is 2. The smallest absolute Gasteiger partial charge is 0.0954 e. The molecule has 0 spiro atoms. The molecule has 2 heterocycles. The van der Waals surface area contributed by atoms with E-state index in [2.05, 4.69) is 33.3 Å². The Morgan fingerprint density at radius 2 is 2.41 bits per heavy atom. The van der Waals surface area contributed by atoms with Crippen molar-refractivity contribution >= 4 is 15.9 Å². The van der Waals surface area contributed by atoms with E-state index in [1.54, 1.807) is 12.5 Å². The third-order valence-electron chi connectivity index (χ3n) is 2.71.